The smallest absolute Gasteiger partial charge is 0.246 e. The van der Waals surface area contributed by atoms with Crippen molar-refractivity contribution < 1.29 is 9.59 Å². The van der Waals surface area contributed by atoms with Crippen LogP contribution < -0.4 is 16.4 Å². The quantitative estimate of drug-likeness (QED) is 0.736. The fourth-order valence-corrected chi connectivity index (χ4v) is 1.66. The van der Waals surface area contributed by atoms with Gasteiger partial charge in [-0.25, -0.2) is 0 Å². The highest BCUT2D eigenvalue weighted by molar-refractivity contribution is 5.97. The lowest BCUT2D eigenvalue weighted by molar-refractivity contribution is -0.127. The predicted molar refractivity (Wildman–Crippen MR) is 80.1 cm³/mol. The molecule has 0 aliphatic heterocycles. The minimum absolute atomic E-state index is 0.0828. The molecular weight excluding hydrogens is 254 g/mol. The Morgan fingerprint density at radius 3 is 2.30 bits per heavy atom. The molecule has 0 radical (unpaired) electrons. The molecule has 0 fully saturated rings. The molecule has 20 heavy (non-hydrogen) atoms. The SMILES string of the molecule is CCC(C)C(N)C(=O)NC(C)C(=O)Nc1ccccc1. The lowest BCUT2D eigenvalue weighted by Crippen LogP contribution is -2.50. The third-order valence-corrected chi connectivity index (χ3v) is 3.35. The molecule has 3 atom stereocenters. The highest BCUT2D eigenvalue weighted by Crippen LogP contribution is 2.07. The number of carbonyl (C=O) groups excluding carboxylic acids is 2. The van der Waals surface area contributed by atoms with Crippen LogP contribution in [0.5, 0.6) is 0 Å². The molecule has 5 heteroatoms. The molecule has 3 unspecified atom stereocenters. The standard InChI is InChI=1S/C15H23N3O2/c1-4-10(2)13(16)15(20)17-11(3)14(19)18-12-8-6-5-7-9-12/h5-11,13H,4,16H2,1-3H3,(H,17,20)(H,18,19). The summed E-state index contributed by atoms with van der Waals surface area (Å²) in [5, 5.41) is 5.37. The Kier molecular flexibility index (Phi) is 6.18. The highest BCUT2D eigenvalue weighted by Gasteiger charge is 2.23. The van der Waals surface area contributed by atoms with E-state index in [1.807, 2.05) is 32.0 Å². The van der Waals surface area contributed by atoms with Gasteiger partial charge in [-0.2, -0.15) is 0 Å². The Labute approximate surface area is 119 Å². The number of nitrogens with two attached hydrogens (primary N) is 1. The predicted octanol–water partition coefficient (Wildman–Crippen LogP) is 1.50. The zero-order valence-corrected chi connectivity index (χ0v) is 12.2. The molecule has 0 aromatic heterocycles. The molecular formula is C15H23N3O2. The maximum Gasteiger partial charge on any atom is 0.246 e. The largest absolute Gasteiger partial charge is 0.343 e. The van der Waals surface area contributed by atoms with E-state index in [2.05, 4.69) is 10.6 Å². The number of rotatable bonds is 6. The van der Waals surface area contributed by atoms with E-state index in [1.54, 1.807) is 19.1 Å². The van der Waals surface area contributed by atoms with Gasteiger partial charge in [-0.3, -0.25) is 9.59 Å². The van der Waals surface area contributed by atoms with Crippen molar-refractivity contribution in [3.05, 3.63) is 30.3 Å². The van der Waals surface area contributed by atoms with Crippen LogP contribution in [0.15, 0.2) is 30.3 Å². The molecule has 0 heterocycles. The molecule has 0 spiro atoms. The fraction of sp³-hybridized carbons (Fsp3) is 0.467. The molecule has 2 amide bonds. The van der Waals surface area contributed by atoms with Gasteiger partial charge >= 0.3 is 0 Å². The van der Waals surface area contributed by atoms with Crippen molar-refractivity contribution in [3.63, 3.8) is 0 Å². The maximum atomic E-state index is 11.9. The summed E-state index contributed by atoms with van der Waals surface area (Å²) in [7, 11) is 0. The van der Waals surface area contributed by atoms with Gasteiger partial charge in [-0.05, 0) is 25.0 Å². The first-order chi connectivity index (χ1) is 9.45. The first-order valence-electron chi connectivity index (χ1n) is 6.87. The topological polar surface area (TPSA) is 84.2 Å². The van der Waals surface area contributed by atoms with Crippen molar-refractivity contribution in [3.8, 4) is 0 Å². The van der Waals surface area contributed by atoms with Gasteiger partial charge in [0.1, 0.15) is 6.04 Å². The number of para-hydroxylation sites is 1. The normalized spacial score (nSPS) is 15.0. The number of hydrogen-bond donors (Lipinski definition) is 3. The Morgan fingerprint density at radius 1 is 1.15 bits per heavy atom. The fourth-order valence-electron chi connectivity index (χ4n) is 1.66. The number of benzene rings is 1. The molecule has 110 valence electrons. The van der Waals surface area contributed by atoms with Crippen LogP contribution in [-0.4, -0.2) is 23.9 Å². The third-order valence-electron chi connectivity index (χ3n) is 3.35. The first kappa shape index (κ1) is 16.2. The highest BCUT2D eigenvalue weighted by atomic mass is 16.2. The number of carbonyl (C=O) groups is 2. The van der Waals surface area contributed by atoms with Crippen molar-refractivity contribution in [2.24, 2.45) is 11.7 Å². The Bertz CT molecular complexity index is 448. The summed E-state index contributed by atoms with van der Waals surface area (Å²) < 4.78 is 0. The molecule has 0 saturated carbocycles. The van der Waals surface area contributed by atoms with Crippen LogP contribution in [0.2, 0.25) is 0 Å². The monoisotopic (exact) mass is 277 g/mol. The van der Waals surface area contributed by atoms with Crippen molar-refractivity contribution in [1.29, 1.82) is 0 Å². The summed E-state index contributed by atoms with van der Waals surface area (Å²) in [5.41, 5.74) is 6.53. The molecule has 0 bridgehead atoms. The van der Waals surface area contributed by atoms with Crippen LogP contribution in [0.1, 0.15) is 27.2 Å². The van der Waals surface area contributed by atoms with E-state index >= 15 is 0 Å². The van der Waals surface area contributed by atoms with Gasteiger partial charge in [0.2, 0.25) is 11.8 Å². The van der Waals surface area contributed by atoms with Gasteiger partial charge in [0, 0.05) is 5.69 Å². The lowest BCUT2D eigenvalue weighted by Gasteiger charge is -2.20. The molecule has 1 aromatic carbocycles. The number of hydrogen-bond acceptors (Lipinski definition) is 3. The van der Waals surface area contributed by atoms with Crippen LogP contribution in [0.3, 0.4) is 0 Å². The van der Waals surface area contributed by atoms with Gasteiger partial charge in [0.15, 0.2) is 0 Å². The lowest BCUT2D eigenvalue weighted by atomic mass is 9.99. The van der Waals surface area contributed by atoms with Gasteiger partial charge in [0.05, 0.1) is 6.04 Å². The Hall–Kier alpha value is -1.88. The minimum Gasteiger partial charge on any atom is -0.343 e. The molecule has 0 aliphatic rings. The summed E-state index contributed by atoms with van der Waals surface area (Å²) >= 11 is 0. The summed E-state index contributed by atoms with van der Waals surface area (Å²) in [6.07, 6.45) is 0.819. The van der Waals surface area contributed by atoms with Gasteiger partial charge < -0.3 is 16.4 Å². The molecule has 0 saturated heterocycles. The zero-order valence-electron chi connectivity index (χ0n) is 12.2. The van der Waals surface area contributed by atoms with Gasteiger partial charge in [0.25, 0.3) is 0 Å². The summed E-state index contributed by atoms with van der Waals surface area (Å²) in [4.78, 5) is 23.8. The maximum absolute atomic E-state index is 11.9. The summed E-state index contributed by atoms with van der Waals surface area (Å²) in [6, 6.07) is 7.89. The van der Waals surface area contributed by atoms with Crippen molar-refractivity contribution in [2.75, 3.05) is 5.32 Å². The minimum atomic E-state index is -0.627. The van der Waals surface area contributed by atoms with Crippen LogP contribution in [0, 0.1) is 5.92 Å². The number of amides is 2. The molecule has 5 nitrogen and oxygen atoms in total. The van der Waals surface area contributed by atoms with E-state index in [0.717, 1.165) is 6.42 Å². The zero-order chi connectivity index (χ0) is 15.1. The van der Waals surface area contributed by atoms with E-state index in [4.69, 9.17) is 5.73 Å². The van der Waals surface area contributed by atoms with Crippen molar-refractivity contribution >= 4 is 17.5 Å². The van der Waals surface area contributed by atoms with Crippen molar-refractivity contribution in [2.45, 2.75) is 39.3 Å². The summed E-state index contributed by atoms with van der Waals surface area (Å²) in [6.45, 7) is 5.53. The second-order valence-corrected chi connectivity index (χ2v) is 5.00. The van der Waals surface area contributed by atoms with E-state index < -0.39 is 12.1 Å². The number of nitrogens with one attached hydrogen (secondary N) is 2. The van der Waals surface area contributed by atoms with Crippen LogP contribution in [0.4, 0.5) is 5.69 Å². The van der Waals surface area contributed by atoms with E-state index in [0.29, 0.717) is 5.69 Å². The Balaban J connectivity index is 2.51. The average molecular weight is 277 g/mol. The third kappa shape index (κ3) is 4.66. The van der Waals surface area contributed by atoms with Gasteiger partial charge in [-0.1, -0.05) is 38.5 Å². The van der Waals surface area contributed by atoms with E-state index in [-0.39, 0.29) is 17.7 Å². The van der Waals surface area contributed by atoms with Crippen LogP contribution >= 0.6 is 0 Å². The van der Waals surface area contributed by atoms with Crippen LogP contribution in [-0.2, 0) is 9.59 Å². The average Bonchev–Trinajstić information content (AvgIpc) is 2.46. The van der Waals surface area contributed by atoms with E-state index in [9.17, 15) is 9.59 Å². The second-order valence-electron chi connectivity index (χ2n) is 5.00. The molecule has 1 rings (SSSR count). The summed E-state index contributed by atoms with van der Waals surface area (Å²) in [5.74, 6) is -0.477. The second kappa shape index (κ2) is 7.65. The van der Waals surface area contributed by atoms with E-state index in [1.165, 1.54) is 0 Å². The Morgan fingerprint density at radius 2 is 1.75 bits per heavy atom. The van der Waals surface area contributed by atoms with Gasteiger partial charge in [-0.15, -0.1) is 0 Å². The van der Waals surface area contributed by atoms with Crippen molar-refractivity contribution in [1.82, 2.24) is 5.32 Å². The molecule has 4 N–H and O–H groups in total. The molecule has 0 aliphatic carbocycles. The first-order valence-corrected chi connectivity index (χ1v) is 6.87. The number of anilines is 1. The molecule has 1 aromatic rings. The van der Waals surface area contributed by atoms with Crippen LogP contribution in [0.25, 0.3) is 0 Å².